The molecule has 4 rings (SSSR count). The summed E-state index contributed by atoms with van der Waals surface area (Å²) in [5.74, 6) is -2.66. The highest BCUT2D eigenvalue weighted by molar-refractivity contribution is 5.99. The number of benzene rings is 2. The Bertz CT molecular complexity index is 1580. The van der Waals surface area contributed by atoms with Crippen molar-refractivity contribution in [3.8, 4) is 0 Å². The number of pyridine rings is 1. The summed E-state index contributed by atoms with van der Waals surface area (Å²) in [5.41, 5.74) is 6.23. The number of carbonyl (C=O) groups excluding carboxylic acids is 2. The second-order valence-corrected chi connectivity index (χ2v) is 10.5. The van der Waals surface area contributed by atoms with E-state index in [-0.39, 0.29) is 22.8 Å². The van der Waals surface area contributed by atoms with Crippen molar-refractivity contribution >= 4 is 40.2 Å². The van der Waals surface area contributed by atoms with Gasteiger partial charge in [-0.1, -0.05) is 18.2 Å². The third-order valence-electron chi connectivity index (χ3n) is 6.22. The predicted octanol–water partition coefficient (Wildman–Crippen LogP) is 5.64. The summed E-state index contributed by atoms with van der Waals surface area (Å²) in [7, 11) is 0. The number of carbonyl (C=O) groups is 2. The zero-order valence-corrected chi connectivity index (χ0v) is 23.5. The van der Waals surface area contributed by atoms with E-state index in [1.807, 2.05) is 23.7 Å². The molecule has 4 aromatic rings. The van der Waals surface area contributed by atoms with Crippen LogP contribution >= 0.6 is 0 Å². The van der Waals surface area contributed by atoms with Gasteiger partial charge in [0.2, 0.25) is 0 Å². The van der Waals surface area contributed by atoms with Crippen LogP contribution in [-0.2, 0) is 11.3 Å². The first-order valence-corrected chi connectivity index (χ1v) is 13.1. The van der Waals surface area contributed by atoms with Crippen LogP contribution < -0.4 is 21.7 Å². The van der Waals surface area contributed by atoms with Gasteiger partial charge >= 0.3 is 6.09 Å². The summed E-state index contributed by atoms with van der Waals surface area (Å²) < 4.78 is 37.4. The summed E-state index contributed by atoms with van der Waals surface area (Å²) in [4.78, 5) is 29.0. The molecule has 12 heteroatoms. The van der Waals surface area contributed by atoms with Crippen molar-refractivity contribution in [1.82, 2.24) is 20.1 Å². The molecule has 2 heterocycles. The number of halogens is 2. The van der Waals surface area contributed by atoms with E-state index in [1.165, 1.54) is 18.2 Å². The molecule has 0 aliphatic rings. The SMILES string of the molecule is CCn1ncc2cc(Nc3nc(N[C@H](c4ccccc4F)[C@H](C)NC(=O)OC(C)(C)C)c(F)cc3C(N)=O)ccc21. The van der Waals surface area contributed by atoms with Gasteiger partial charge in [-0.2, -0.15) is 5.10 Å². The first-order chi connectivity index (χ1) is 19.4. The minimum atomic E-state index is -0.978. The fraction of sp³-hybridized carbons (Fsp3) is 0.310. The molecule has 2 aromatic heterocycles. The minimum absolute atomic E-state index is 0.0105. The fourth-order valence-corrected chi connectivity index (χ4v) is 4.35. The first kappa shape index (κ1) is 29.2. The maximum Gasteiger partial charge on any atom is 0.407 e. The van der Waals surface area contributed by atoms with Gasteiger partial charge < -0.3 is 26.4 Å². The van der Waals surface area contributed by atoms with Crippen LogP contribution in [0.15, 0.2) is 54.7 Å². The van der Waals surface area contributed by atoms with Crippen molar-refractivity contribution in [2.75, 3.05) is 10.6 Å². The van der Waals surface area contributed by atoms with Crippen LogP contribution in [0.3, 0.4) is 0 Å². The lowest BCUT2D eigenvalue weighted by atomic mass is 9.99. The van der Waals surface area contributed by atoms with E-state index in [1.54, 1.807) is 46.0 Å². The highest BCUT2D eigenvalue weighted by Gasteiger charge is 2.28. The molecule has 216 valence electrons. The van der Waals surface area contributed by atoms with Gasteiger partial charge in [0.15, 0.2) is 11.6 Å². The predicted molar refractivity (Wildman–Crippen MR) is 153 cm³/mol. The van der Waals surface area contributed by atoms with E-state index in [2.05, 4.69) is 26.0 Å². The normalized spacial score (nSPS) is 13.0. The number of fused-ring (bicyclic) bond motifs is 1. The fourth-order valence-electron chi connectivity index (χ4n) is 4.35. The van der Waals surface area contributed by atoms with Gasteiger partial charge in [0, 0.05) is 23.2 Å². The summed E-state index contributed by atoms with van der Waals surface area (Å²) in [5, 5.41) is 13.8. The Balaban J connectivity index is 1.70. The molecule has 2 atom stereocenters. The number of nitrogens with two attached hydrogens (primary N) is 1. The van der Waals surface area contributed by atoms with Crippen LogP contribution in [0.1, 0.15) is 56.6 Å². The van der Waals surface area contributed by atoms with Crippen molar-refractivity contribution in [3.63, 3.8) is 0 Å². The number of aryl methyl sites for hydroxylation is 1. The van der Waals surface area contributed by atoms with Gasteiger partial charge in [-0.25, -0.2) is 18.6 Å². The van der Waals surface area contributed by atoms with Gasteiger partial charge in [-0.15, -0.1) is 0 Å². The molecule has 5 N–H and O–H groups in total. The van der Waals surface area contributed by atoms with Crippen LogP contribution in [0.4, 0.5) is 30.9 Å². The van der Waals surface area contributed by atoms with Gasteiger partial charge in [0.1, 0.15) is 17.2 Å². The number of ether oxygens (including phenoxy) is 1. The second kappa shape index (κ2) is 11.8. The Morgan fingerprint density at radius 2 is 1.80 bits per heavy atom. The second-order valence-electron chi connectivity index (χ2n) is 10.5. The minimum Gasteiger partial charge on any atom is -0.444 e. The van der Waals surface area contributed by atoms with Gasteiger partial charge in [-0.3, -0.25) is 9.48 Å². The van der Waals surface area contributed by atoms with E-state index in [0.29, 0.717) is 12.2 Å². The molecular formula is C29H33F2N7O3. The summed E-state index contributed by atoms with van der Waals surface area (Å²) in [6, 6.07) is 10.6. The topological polar surface area (TPSA) is 136 Å². The van der Waals surface area contributed by atoms with Gasteiger partial charge in [0.05, 0.1) is 29.4 Å². The zero-order valence-electron chi connectivity index (χ0n) is 23.5. The average Bonchev–Trinajstić information content (AvgIpc) is 3.30. The Kier molecular flexibility index (Phi) is 8.41. The van der Waals surface area contributed by atoms with E-state index >= 15 is 4.39 Å². The standard InChI is InChI=1S/C29H33F2N7O3/c1-6-38-23-12-11-18(13-17(23)15-33-38)35-26-20(25(32)39)14-22(31)27(37-26)36-24(19-9-7-8-10-21(19)30)16(2)34-28(40)41-29(3,4)5/h7-16,24H,6H2,1-5H3,(H2,32,39)(H,34,40)(H2,35,36,37)/t16-,24-/m0/s1. The smallest absolute Gasteiger partial charge is 0.407 e. The van der Waals surface area contributed by atoms with Gasteiger partial charge in [0.25, 0.3) is 5.91 Å². The third kappa shape index (κ3) is 6.89. The van der Waals surface area contributed by atoms with Gasteiger partial charge in [-0.05, 0) is 65.0 Å². The Hall–Kier alpha value is -4.74. The largest absolute Gasteiger partial charge is 0.444 e. The first-order valence-electron chi connectivity index (χ1n) is 13.1. The number of anilines is 3. The molecular weight excluding hydrogens is 532 g/mol. The third-order valence-corrected chi connectivity index (χ3v) is 6.22. The molecule has 0 unspecified atom stereocenters. The Morgan fingerprint density at radius 3 is 2.46 bits per heavy atom. The van der Waals surface area contributed by atoms with Crippen molar-refractivity contribution in [2.45, 2.75) is 58.8 Å². The van der Waals surface area contributed by atoms with E-state index in [9.17, 15) is 14.0 Å². The van der Waals surface area contributed by atoms with Crippen LogP contribution in [0.5, 0.6) is 0 Å². The van der Waals surface area contributed by atoms with Crippen molar-refractivity contribution in [1.29, 1.82) is 0 Å². The van der Waals surface area contributed by atoms with E-state index in [0.717, 1.165) is 17.0 Å². The molecule has 0 radical (unpaired) electrons. The number of nitrogens with one attached hydrogen (secondary N) is 3. The molecule has 0 fully saturated rings. The summed E-state index contributed by atoms with van der Waals surface area (Å²) >= 11 is 0. The molecule has 0 aliphatic heterocycles. The maximum atomic E-state index is 15.3. The van der Waals surface area contributed by atoms with Crippen LogP contribution in [0, 0.1) is 11.6 Å². The highest BCUT2D eigenvalue weighted by Crippen LogP contribution is 2.30. The maximum absolute atomic E-state index is 15.3. The highest BCUT2D eigenvalue weighted by atomic mass is 19.1. The number of nitrogens with zero attached hydrogens (tertiary/aromatic N) is 3. The number of primary amides is 1. The molecule has 10 nitrogen and oxygen atoms in total. The molecule has 2 aromatic carbocycles. The van der Waals surface area contributed by atoms with Crippen molar-refractivity contribution in [2.24, 2.45) is 5.73 Å². The zero-order chi connectivity index (χ0) is 29.9. The number of rotatable bonds is 9. The number of aromatic nitrogens is 3. The molecule has 0 spiro atoms. The van der Waals surface area contributed by atoms with Crippen molar-refractivity contribution < 1.29 is 23.1 Å². The number of hydrogen-bond acceptors (Lipinski definition) is 7. The summed E-state index contributed by atoms with van der Waals surface area (Å²) in [6.45, 7) is 9.44. The molecule has 41 heavy (non-hydrogen) atoms. The number of alkyl carbamates (subject to hydrolysis) is 1. The average molecular weight is 566 g/mol. The monoisotopic (exact) mass is 565 g/mol. The van der Waals surface area contributed by atoms with Crippen molar-refractivity contribution in [3.05, 3.63) is 77.5 Å². The number of hydrogen-bond donors (Lipinski definition) is 4. The van der Waals surface area contributed by atoms with E-state index < -0.39 is 41.3 Å². The lowest BCUT2D eigenvalue weighted by Gasteiger charge is -2.29. The lowest BCUT2D eigenvalue weighted by molar-refractivity contribution is 0.0503. The van der Waals surface area contributed by atoms with Crippen LogP contribution in [-0.4, -0.2) is 38.4 Å². The molecule has 0 saturated heterocycles. The molecule has 0 saturated carbocycles. The molecule has 0 bridgehead atoms. The summed E-state index contributed by atoms with van der Waals surface area (Å²) in [6.07, 6.45) is 0.983. The van der Waals surface area contributed by atoms with E-state index in [4.69, 9.17) is 10.5 Å². The Morgan fingerprint density at radius 1 is 1.07 bits per heavy atom. The Labute approximate surface area is 236 Å². The molecule has 0 aliphatic carbocycles. The number of amides is 2. The van der Waals surface area contributed by atoms with Crippen LogP contribution in [0.25, 0.3) is 10.9 Å². The molecule has 2 amide bonds. The van der Waals surface area contributed by atoms with Crippen LogP contribution in [0.2, 0.25) is 0 Å². The lowest BCUT2D eigenvalue weighted by Crippen LogP contribution is -2.43. The quantitative estimate of drug-likeness (QED) is 0.206.